The molecule has 126 valence electrons. The highest BCUT2D eigenvalue weighted by molar-refractivity contribution is 7.99. The monoisotopic (exact) mass is 336 g/mol. The average molecular weight is 336 g/mol. The van der Waals surface area contributed by atoms with Crippen LogP contribution in [0.5, 0.6) is 11.5 Å². The molecule has 1 saturated heterocycles. The Morgan fingerprint density at radius 1 is 1.09 bits per heavy atom. The lowest BCUT2D eigenvalue weighted by atomic mass is 9.98. The molecule has 0 spiro atoms. The summed E-state index contributed by atoms with van der Waals surface area (Å²) in [5.74, 6) is 3.99. The lowest BCUT2D eigenvalue weighted by Crippen LogP contribution is -2.44. The standard InChI is InChI=1S/C17H24N2O3S/c1-21-15-9-13-3-4-19(11-14(13)10-16(15)22-2)17(20)12-18-5-7-23-8-6-18/h9-10H,3-8,11-12H2,1-2H3. The third-order valence-corrected chi connectivity index (χ3v) is 5.48. The molecular weight excluding hydrogens is 312 g/mol. The first-order valence-corrected chi connectivity index (χ1v) is 9.18. The van der Waals surface area contributed by atoms with Crippen LogP contribution >= 0.6 is 11.8 Å². The zero-order chi connectivity index (χ0) is 16.2. The Morgan fingerprint density at radius 3 is 2.39 bits per heavy atom. The van der Waals surface area contributed by atoms with Crippen molar-refractivity contribution in [1.29, 1.82) is 0 Å². The quantitative estimate of drug-likeness (QED) is 0.836. The summed E-state index contributed by atoms with van der Waals surface area (Å²) in [5, 5.41) is 0. The molecule has 1 fully saturated rings. The van der Waals surface area contributed by atoms with Crippen molar-refractivity contribution in [1.82, 2.24) is 9.80 Å². The molecule has 1 amide bonds. The van der Waals surface area contributed by atoms with E-state index in [9.17, 15) is 4.79 Å². The minimum Gasteiger partial charge on any atom is -0.493 e. The molecule has 2 aliphatic rings. The van der Waals surface area contributed by atoms with Crippen molar-refractivity contribution in [2.45, 2.75) is 13.0 Å². The number of carbonyl (C=O) groups excluding carboxylic acids is 1. The molecular formula is C17H24N2O3S. The van der Waals surface area contributed by atoms with Crippen LogP contribution in [0.1, 0.15) is 11.1 Å². The van der Waals surface area contributed by atoms with Gasteiger partial charge < -0.3 is 14.4 Å². The normalized spacial score (nSPS) is 18.4. The lowest BCUT2D eigenvalue weighted by molar-refractivity contribution is -0.133. The molecule has 0 saturated carbocycles. The number of benzene rings is 1. The van der Waals surface area contributed by atoms with Crippen LogP contribution in [0.3, 0.4) is 0 Å². The lowest BCUT2D eigenvalue weighted by Gasteiger charge is -2.32. The van der Waals surface area contributed by atoms with Gasteiger partial charge in [0.25, 0.3) is 0 Å². The van der Waals surface area contributed by atoms with Gasteiger partial charge in [-0.3, -0.25) is 9.69 Å². The molecule has 0 N–H and O–H groups in total. The second-order valence-corrected chi connectivity index (χ2v) is 7.15. The Hall–Kier alpha value is -1.40. The maximum atomic E-state index is 12.6. The van der Waals surface area contributed by atoms with Gasteiger partial charge in [0.2, 0.25) is 5.91 Å². The summed E-state index contributed by atoms with van der Waals surface area (Å²) in [6, 6.07) is 4.04. The first-order valence-electron chi connectivity index (χ1n) is 8.03. The zero-order valence-electron chi connectivity index (χ0n) is 13.8. The van der Waals surface area contributed by atoms with Crippen molar-refractivity contribution in [2.24, 2.45) is 0 Å². The fourth-order valence-corrected chi connectivity index (χ4v) is 4.13. The summed E-state index contributed by atoms with van der Waals surface area (Å²) < 4.78 is 10.7. The van der Waals surface area contributed by atoms with E-state index < -0.39 is 0 Å². The number of fused-ring (bicyclic) bond motifs is 1. The Morgan fingerprint density at radius 2 is 1.74 bits per heavy atom. The van der Waals surface area contributed by atoms with Crippen molar-refractivity contribution in [3.05, 3.63) is 23.3 Å². The number of nitrogens with zero attached hydrogens (tertiary/aromatic N) is 2. The van der Waals surface area contributed by atoms with Gasteiger partial charge in [0, 0.05) is 37.7 Å². The second-order valence-electron chi connectivity index (χ2n) is 5.93. The Labute approximate surface area is 141 Å². The summed E-state index contributed by atoms with van der Waals surface area (Å²) in [6.45, 7) is 4.03. The molecule has 0 radical (unpaired) electrons. The van der Waals surface area contributed by atoms with Crippen LogP contribution in [-0.4, -0.2) is 67.6 Å². The molecule has 2 heterocycles. The third kappa shape index (κ3) is 3.75. The maximum absolute atomic E-state index is 12.6. The van der Waals surface area contributed by atoms with Crippen LogP contribution in [0.15, 0.2) is 12.1 Å². The number of thioether (sulfide) groups is 1. The van der Waals surface area contributed by atoms with Gasteiger partial charge in [-0.25, -0.2) is 0 Å². The predicted octanol–water partition coefficient (Wildman–Crippen LogP) is 1.64. The summed E-state index contributed by atoms with van der Waals surface area (Å²) in [7, 11) is 3.30. The minimum absolute atomic E-state index is 0.234. The Bertz CT molecular complexity index is 573. The molecule has 6 heteroatoms. The first kappa shape index (κ1) is 16.5. The van der Waals surface area contributed by atoms with E-state index in [4.69, 9.17) is 9.47 Å². The predicted molar refractivity (Wildman–Crippen MR) is 92.4 cm³/mol. The van der Waals surface area contributed by atoms with Crippen molar-refractivity contribution in [3.8, 4) is 11.5 Å². The zero-order valence-corrected chi connectivity index (χ0v) is 14.7. The van der Waals surface area contributed by atoms with Crippen molar-refractivity contribution in [2.75, 3.05) is 51.9 Å². The van der Waals surface area contributed by atoms with E-state index in [1.54, 1.807) is 14.2 Å². The molecule has 0 unspecified atom stereocenters. The Kier molecular flexibility index (Phi) is 5.33. The van der Waals surface area contributed by atoms with Gasteiger partial charge in [0.05, 0.1) is 20.8 Å². The van der Waals surface area contributed by atoms with Crippen LogP contribution in [-0.2, 0) is 17.8 Å². The van der Waals surface area contributed by atoms with E-state index in [-0.39, 0.29) is 5.91 Å². The van der Waals surface area contributed by atoms with E-state index in [1.807, 2.05) is 28.8 Å². The van der Waals surface area contributed by atoms with Crippen LogP contribution in [0.4, 0.5) is 0 Å². The van der Waals surface area contributed by atoms with Gasteiger partial charge in [-0.2, -0.15) is 11.8 Å². The van der Waals surface area contributed by atoms with Crippen molar-refractivity contribution >= 4 is 17.7 Å². The largest absolute Gasteiger partial charge is 0.493 e. The molecule has 3 rings (SSSR count). The number of hydrogen-bond donors (Lipinski definition) is 0. The van der Waals surface area contributed by atoms with Crippen LogP contribution in [0, 0.1) is 0 Å². The molecule has 0 aromatic heterocycles. The molecule has 2 aliphatic heterocycles. The maximum Gasteiger partial charge on any atom is 0.237 e. The number of methoxy groups -OCH3 is 2. The molecule has 1 aromatic rings. The number of rotatable bonds is 4. The highest BCUT2D eigenvalue weighted by Gasteiger charge is 2.24. The van der Waals surface area contributed by atoms with Crippen LogP contribution < -0.4 is 9.47 Å². The molecule has 0 aliphatic carbocycles. The summed E-state index contributed by atoms with van der Waals surface area (Å²) in [5.41, 5.74) is 2.41. The number of hydrogen-bond acceptors (Lipinski definition) is 5. The summed E-state index contributed by atoms with van der Waals surface area (Å²) in [4.78, 5) is 16.8. The number of carbonyl (C=O) groups is 1. The third-order valence-electron chi connectivity index (χ3n) is 4.53. The van der Waals surface area contributed by atoms with E-state index >= 15 is 0 Å². The van der Waals surface area contributed by atoms with E-state index in [0.29, 0.717) is 13.1 Å². The molecule has 0 atom stereocenters. The van der Waals surface area contributed by atoms with Crippen molar-refractivity contribution < 1.29 is 14.3 Å². The number of amides is 1. The first-order chi connectivity index (χ1) is 11.2. The van der Waals surface area contributed by atoms with E-state index in [0.717, 1.165) is 54.6 Å². The molecule has 1 aromatic carbocycles. The van der Waals surface area contributed by atoms with E-state index in [2.05, 4.69) is 4.90 Å². The second kappa shape index (κ2) is 7.45. The molecule has 0 bridgehead atoms. The van der Waals surface area contributed by atoms with Gasteiger partial charge in [-0.1, -0.05) is 0 Å². The SMILES string of the molecule is COc1cc2c(cc1OC)CN(C(=O)CN1CCSCC1)CC2. The minimum atomic E-state index is 0.234. The molecule has 23 heavy (non-hydrogen) atoms. The average Bonchev–Trinajstić information content (AvgIpc) is 2.60. The summed E-state index contributed by atoms with van der Waals surface area (Å²) >= 11 is 1.97. The highest BCUT2D eigenvalue weighted by Crippen LogP contribution is 2.33. The van der Waals surface area contributed by atoms with Crippen molar-refractivity contribution in [3.63, 3.8) is 0 Å². The highest BCUT2D eigenvalue weighted by atomic mass is 32.2. The van der Waals surface area contributed by atoms with Gasteiger partial charge in [0.1, 0.15) is 0 Å². The van der Waals surface area contributed by atoms with Gasteiger partial charge >= 0.3 is 0 Å². The van der Waals surface area contributed by atoms with Crippen LogP contribution in [0.2, 0.25) is 0 Å². The van der Waals surface area contributed by atoms with Gasteiger partial charge in [-0.05, 0) is 29.7 Å². The topological polar surface area (TPSA) is 42.0 Å². The van der Waals surface area contributed by atoms with E-state index in [1.165, 1.54) is 5.56 Å². The number of ether oxygens (including phenoxy) is 2. The van der Waals surface area contributed by atoms with Gasteiger partial charge in [0.15, 0.2) is 11.5 Å². The fraction of sp³-hybridized carbons (Fsp3) is 0.588. The fourth-order valence-electron chi connectivity index (χ4n) is 3.15. The molecule has 5 nitrogen and oxygen atoms in total. The smallest absolute Gasteiger partial charge is 0.237 e. The van der Waals surface area contributed by atoms with Crippen LogP contribution in [0.25, 0.3) is 0 Å². The van der Waals surface area contributed by atoms with Gasteiger partial charge in [-0.15, -0.1) is 0 Å². The summed E-state index contributed by atoms with van der Waals surface area (Å²) in [6.07, 6.45) is 0.872. The Balaban J connectivity index is 1.68.